The molecule has 1 aromatic carbocycles. The van der Waals surface area contributed by atoms with Crippen LogP contribution in [0.25, 0.3) is 0 Å². The molecule has 0 aliphatic rings. The quantitative estimate of drug-likeness (QED) is 0.545. The van der Waals surface area contributed by atoms with Gasteiger partial charge in [0, 0.05) is 17.7 Å². The fraction of sp³-hybridized carbons (Fsp3) is 0.308. The van der Waals surface area contributed by atoms with E-state index in [2.05, 4.69) is 6.58 Å². The molecule has 0 saturated carbocycles. The summed E-state index contributed by atoms with van der Waals surface area (Å²) in [5, 5.41) is 0. The molecule has 0 fully saturated rings. The van der Waals surface area contributed by atoms with E-state index >= 15 is 0 Å². The molecule has 1 aromatic rings. The van der Waals surface area contributed by atoms with Crippen LogP contribution in [0, 0.1) is 0 Å². The molecule has 0 unspecified atom stereocenters. The van der Waals surface area contributed by atoms with Crippen LogP contribution in [0.15, 0.2) is 36.4 Å². The average Bonchev–Trinajstić information content (AvgIpc) is 2.35. The van der Waals surface area contributed by atoms with Crippen molar-refractivity contribution in [3.8, 4) is 5.75 Å². The molecule has 0 heterocycles. The summed E-state index contributed by atoms with van der Waals surface area (Å²) in [5.41, 5.74) is 1.07. The number of Topliss-reactive ketones (excluding diaryl/α,β-unsaturated/α-hetero) is 1. The topological polar surface area (TPSA) is 35.5 Å². The molecule has 0 radical (unpaired) electrons. The van der Waals surface area contributed by atoms with Crippen molar-refractivity contribution in [1.29, 1.82) is 0 Å². The Morgan fingerprint density at radius 1 is 1.31 bits per heavy atom. The Bertz CT molecular complexity index is 365. The molecule has 0 saturated heterocycles. The van der Waals surface area contributed by atoms with Crippen LogP contribution in [0.4, 0.5) is 0 Å². The molecule has 0 bridgehead atoms. The maximum atomic E-state index is 11.8. The molecule has 86 valence electrons. The molecule has 3 nitrogen and oxygen atoms in total. The van der Waals surface area contributed by atoms with Gasteiger partial charge < -0.3 is 9.47 Å². The van der Waals surface area contributed by atoms with Gasteiger partial charge in [-0.3, -0.25) is 4.79 Å². The summed E-state index contributed by atoms with van der Waals surface area (Å²) in [6, 6.07) is 6.94. The molecule has 0 N–H and O–H groups in total. The zero-order valence-electron chi connectivity index (χ0n) is 9.66. The maximum absolute atomic E-state index is 11.8. The number of methoxy groups -OCH3 is 1. The fourth-order valence-electron chi connectivity index (χ4n) is 1.24. The van der Waals surface area contributed by atoms with Crippen LogP contribution in [0.2, 0.25) is 0 Å². The molecule has 0 aliphatic heterocycles. The van der Waals surface area contributed by atoms with Crippen LogP contribution < -0.4 is 4.74 Å². The highest BCUT2D eigenvalue weighted by Gasteiger charge is 2.09. The van der Waals surface area contributed by atoms with Gasteiger partial charge in [-0.25, -0.2) is 0 Å². The zero-order valence-corrected chi connectivity index (χ0v) is 9.66. The number of rotatable bonds is 6. The molecule has 0 amide bonds. The zero-order chi connectivity index (χ0) is 12.0. The Morgan fingerprint density at radius 3 is 2.44 bits per heavy atom. The van der Waals surface area contributed by atoms with E-state index < -0.39 is 0 Å². The van der Waals surface area contributed by atoms with Gasteiger partial charge in [-0.05, 0) is 31.2 Å². The minimum atomic E-state index is -0.0869. The molecule has 0 aromatic heterocycles. The third kappa shape index (κ3) is 3.21. The molecule has 0 atom stereocenters. The molecular formula is C13H16O3. The lowest BCUT2D eigenvalue weighted by atomic mass is 10.1. The van der Waals surface area contributed by atoms with E-state index in [9.17, 15) is 4.79 Å². The van der Waals surface area contributed by atoms with E-state index in [0.717, 1.165) is 5.75 Å². The minimum Gasteiger partial charge on any atom is -0.497 e. The predicted octanol–water partition coefficient (Wildman–Crippen LogP) is 2.47. The van der Waals surface area contributed by atoms with Crippen LogP contribution in [-0.2, 0) is 4.74 Å². The highest BCUT2D eigenvalue weighted by Crippen LogP contribution is 2.14. The van der Waals surface area contributed by atoms with Crippen molar-refractivity contribution in [2.75, 3.05) is 20.3 Å². The monoisotopic (exact) mass is 220 g/mol. The second kappa shape index (κ2) is 6.08. The van der Waals surface area contributed by atoms with Crippen molar-refractivity contribution in [1.82, 2.24) is 0 Å². The van der Waals surface area contributed by atoms with E-state index in [1.807, 2.05) is 6.92 Å². The van der Waals surface area contributed by atoms with Gasteiger partial charge in [0.25, 0.3) is 0 Å². The van der Waals surface area contributed by atoms with E-state index in [4.69, 9.17) is 9.47 Å². The molecule has 3 heteroatoms. The van der Waals surface area contributed by atoms with Crippen molar-refractivity contribution in [3.63, 3.8) is 0 Å². The first kappa shape index (κ1) is 12.5. The molecule has 16 heavy (non-hydrogen) atoms. The second-order valence-electron chi connectivity index (χ2n) is 3.30. The predicted molar refractivity (Wildman–Crippen MR) is 63.0 cm³/mol. The molecule has 0 spiro atoms. The van der Waals surface area contributed by atoms with Crippen LogP contribution >= 0.6 is 0 Å². The van der Waals surface area contributed by atoms with Crippen LogP contribution in [0.3, 0.4) is 0 Å². The summed E-state index contributed by atoms with van der Waals surface area (Å²) in [5.74, 6) is 0.642. The van der Waals surface area contributed by atoms with Crippen molar-refractivity contribution in [2.24, 2.45) is 0 Å². The Hall–Kier alpha value is -1.61. The summed E-state index contributed by atoms with van der Waals surface area (Å²) in [7, 11) is 1.59. The average molecular weight is 220 g/mol. The first-order chi connectivity index (χ1) is 7.69. The number of hydrogen-bond acceptors (Lipinski definition) is 3. The summed E-state index contributed by atoms with van der Waals surface area (Å²) < 4.78 is 10.2. The van der Waals surface area contributed by atoms with Crippen molar-refractivity contribution >= 4 is 5.78 Å². The second-order valence-corrected chi connectivity index (χ2v) is 3.30. The smallest absolute Gasteiger partial charge is 0.190 e. The lowest BCUT2D eigenvalue weighted by Crippen LogP contribution is -2.08. The minimum absolute atomic E-state index is 0.0869. The van der Waals surface area contributed by atoms with Crippen molar-refractivity contribution < 1.29 is 14.3 Å². The third-order valence-corrected chi connectivity index (χ3v) is 2.15. The Kier molecular flexibility index (Phi) is 4.73. The first-order valence-electron chi connectivity index (χ1n) is 5.13. The van der Waals surface area contributed by atoms with Crippen LogP contribution in [-0.4, -0.2) is 26.1 Å². The fourth-order valence-corrected chi connectivity index (χ4v) is 1.24. The van der Waals surface area contributed by atoms with Gasteiger partial charge >= 0.3 is 0 Å². The maximum Gasteiger partial charge on any atom is 0.190 e. The lowest BCUT2D eigenvalue weighted by molar-refractivity contribution is 0.0991. The van der Waals surface area contributed by atoms with Gasteiger partial charge in [-0.15, -0.1) is 0 Å². The van der Waals surface area contributed by atoms with Gasteiger partial charge in [-0.1, -0.05) is 6.58 Å². The Balaban J connectivity index is 2.68. The van der Waals surface area contributed by atoms with Gasteiger partial charge in [0.1, 0.15) is 5.75 Å². The van der Waals surface area contributed by atoms with E-state index in [1.165, 1.54) is 0 Å². The number of carbonyl (C=O) groups excluding carboxylic acids is 1. The van der Waals surface area contributed by atoms with Gasteiger partial charge in [0.15, 0.2) is 5.78 Å². The molecule has 1 rings (SSSR count). The van der Waals surface area contributed by atoms with Crippen molar-refractivity contribution in [2.45, 2.75) is 6.92 Å². The SMILES string of the molecule is C=C(COCC)C(=O)c1ccc(OC)cc1. The first-order valence-corrected chi connectivity index (χ1v) is 5.13. The van der Waals surface area contributed by atoms with Gasteiger partial charge in [0.05, 0.1) is 13.7 Å². The lowest BCUT2D eigenvalue weighted by Gasteiger charge is -2.05. The Morgan fingerprint density at radius 2 is 1.94 bits per heavy atom. The third-order valence-electron chi connectivity index (χ3n) is 2.15. The van der Waals surface area contributed by atoms with Crippen LogP contribution in [0.1, 0.15) is 17.3 Å². The number of benzene rings is 1. The van der Waals surface area contributed by atoms with E-state index in [1.54, 1.807) is 31.4 Å². The number of ether oxygens (including phenoxy) is 2. The van der Waals surface area contributed by atoms with E-state index in [-0.39, 0.29) is 12.4 Å². The highest BCUT2D eigenvalue weighted by molar-refractivity contribution is 6.08. The van der Waals surface area contributed by atoms with Crippen molar-refractivity contribution in [3.05, 3.63) is 42.0 Å². The molecule has 0 aliphatic carbocycles. The molecular weight excluding hydrogens is 204 g/mol. The number of ketones is 1. The number of hydrogen-bond donors (Lipinski definition) is 0. The van der Waals surface area contributed by atoms with Gasteiger partial charge in [0.2, 0.25) is 0 Å². The highest BCUT2D eigenvalue weighted by atomic mass is 16.5. The summed E-state index contributed by atoms with van der Waals surface area (Å²) in [4.78, 5) is 11.8. The largest absolute Gasteiger partial charge is 0.497 e. The normalized spacial score (nSPS) is 9.88. The van der Waals surface area contributed by atoms with E-state index in [0.29, 0.717) is 17.7 Å². The van der Waals surface area contributed by atoms with Gasteiger partial charge in [-0.2, -0.15) is 0 Å². The Labute approximate surface area is 95.7 Å². The van der Waals surface area contributed by atoms with Crippen LogP contribution in [0.5, 0.6) is 5.75 Å². The number of carbonyl (C=O) groups is 1. The summed E-state index contributed by atoms with van der Waals surface area (Å²) >= 11 is 0. The summed E-state index contributed by atoms with van der Waals surface area (Å²) in [6.45, 7) is 6.44. The standard InChI is InChI=1S/C13H16O3/c1-4-16-9-10(2)13(14)11-5-7-12(15-3)8-6-11/h5-8H,2,4,9H2,1,3H3. The summed E-state index contributed by atoms with van der Waals surface area (Å²) in [6.07, 6.45) is 0.